The third-order valence-corrected chi connectivity index (χ3v) is 2.48. The Morgan fingerprint density at radius 1 is 1.28 bits per heavy atom. The molecule has 0 amide bonds. The van der Waals surface area contributed by atoms with Crippen molar-refractivity contribution in [3.05, 3.63) is 24.1 Å². The molecule has 0 radical (unpaired) electrons. The van der Waals surface area contributed by atoms with Crippen LogP contribution >= 0.6 is 0 Å². The highest BCUT2D eigenvalue weighted by molar-refractivity contribution is 5.65. The highest BCUT2D eigenvalue weighted by Crippen LogP contribution is 2.31. The van der Waals surface area contributed by atoms with E-state index >= 15 is 0 Å². The molecule has 0 aliphatic heterocycles. The van der Waals surface area contributed by atoms with E-state index in [0.717, 1.165) is 5.56 Å². The predicted molar refractivity (Wildman–Crippen MR) is 65.6 cm³/mol. The second-order valence-corrected chi connectivity index (χ2v) is 3.62. The van der Waals surface area contributed by atoms with Crippen molar-refractivity contribution >= 4 is 0 Å². The first-order valence-electron chi connectivity index (χ1n) is 5.53. The Morgan fingerprint density at radius 2 is 2.11 bits per heavy atom. The molecular weight excluding hydrogens is 234 g/mol. The van der Waals surface area contributed by atoms with Gasteiger partial charge in [-0.2, -0.15) is 4.98 Å². The maximum Gasteiger partial charge on any atom is 0.228 e. The lowest BCUT2D eigenvalue weighted by Gasteiger charge is -2.07. The lowest BCUT2D eigenvalue weighted by Crippen LogP contribution is -2.02. The largest absolute Gasteiger partial charge is 0.497 e. The van der Waals surface area contributed by atoms with E-state index in [4.69, 9.17) is 19.7 Å². The number of nitrogens with two attached hydrogens (primary N) is 1. The van der Waals surface area contributed by atoms with E-state index in [0.29, 0.717) is 36.2 Å². The number of methoxy groups -OCH3 is 2. The summed E-state index contributed by atoms with van der Waals surface area (Å²) >= 11 is 0. The van der Waals surface area contributed by atoms with Crippen LogP contribution in [0.1, 0.15) is 5.89 Å². The summed E-state index contributed by atoms with van der Waals surface area (Å²) in [4.78, 5) is 4.26. The van der Waals surface area contributed by atoms with Crippen LogP contribution in [0.3, 0.4) is 0 Å². The maximum absolute atomic E-state index is 5.43. The van der Waals surface area contributed by atoms with Crippen LogP contribution < -0.4 is 15.2 Å². The topological polar surface area (TPSA) is 83.4 Å². The summed E-state index contributed by atoms with van der Waals surface area (Å²) < 4.78 is 15.5. The molecule has 6 nitrogen and oxygen atoms in total. The molecule has 1 heterocycles. The fraction of sp³-hybridized carbons (Fsp3) is 0.333. The van der Waals surface area contributed by atoms with Crippen molar-refractivity contribution in [3.8, 4) is 22.9 Å². The minimum Gasteiger partial charge on any atom is -0.497 e. The van der Waals surface area contributed by atoms with Gasteiger partial charge in [-0.05, 0) is 12.1 Å². The Morgan fingerprint density at radius 3 is 2.78 bits per heavy atom. The van der Waals surface area contributed by atoms with E-state index in [1.807, 2.05) is 12.1 Å². The van der Waals surface area contributed by atoms with Gasteiger partial charge in [0.05, 0.1) is 19.8 Å². The Labute approximate surface area is 105 Å². The van der Waals surface area contributed by atoms with Crippen molar-refractivity contribution in [2.24, 2.45) is 5.73 Å². The Hall–Kier alpha value is -2.08. The highest BCUT2D eigenvalue weighted by atomic mass is 16.5. The number of nitrogens with zero attached hydrogens (tertiary/aromatic N) is 2. The molecule has 2 N–H and O–H groups in total. The zero-order valence-corrected chi connectivity index (χ0v) is 10.3. The van der Waals surface area contributed by atoms with Gasteiger partial charge in [0.25, 0.3) is 0 Å². The van der Waals surface area contributed by atoms with Gasteiger partial charge < -0.3 is 19.7 Å². The molecule has 2 aromatic rings. The van der Waals surface area contributed by atoms with Crippen molar-refractivity contribution < 1.29 is 14.0 Å². The van der Waals surface area contributed by atoms with E-state index in [9.17, 15) is 0 Å². The zero-order valence-electron chi connectivity index (χ0n) is 10.3. The Bertz CT molecular complexity index is 525. The molecule has 0 aliphatic carbocycles. The summed E-state index contributed by atoms with van der Waals surface area (Å²) in [5, 5.41) is 3.91. The molecule has 0 fully saturated rings. The summed E-state index contributed by atoms with van der Waals surface area (Å²) in [5.41, 5.74) is 6.19. The first kappa shape index (κ1) is 12.4. The minimum atomic E-state index is 0.474. The molecule has 96 valence electrons. The molecule has 0 unspecified atom stereocenters. The third kappa shape index (κ3) is 2.43. The third-order valence-electron chi connectivity index (χ3n) is 2.48. The van der Waals surface area contributed by atoms with E-state index in [2.05, 4.69) is 10.1 Å². The van der Waals surface area contributed by atoms with Gasteiger partial charge in [0.2, 0.25) is 11.7 Å². The Balaban J connectivity index is 2.36. The standard InChI is InChI=1S/C12H15N3O3/c1-16-8-3-4-9(10(7-8)17-2)12-14-11(5-6-13)18-15-12/h3-4,7H,5-6,13H2,1-2H3. The summed E-state index contributed by atoms with van der Waals surface area (Å²) in [5.74, 6) is 2.35. The van der Waals surface area contributed by atoms with Gasteiger partial charge >= 0.3 is 0 Å². The van der Waals surface area contributed by atoms with E-state index in [1.165, 1.54) is 0 Å². The lowest BCUT2D eigenvalue weighted by molar-refractivity contribution is 0.379. The SMILES string of the molecule is COc1ccc(-c2noc(CCN)n2)c(OC)c1. The molecule has 18 heavy (non-hydrogen) atoms. The molecule has 0 saturated carbocycles. The highest BCUT2D eigenvalue weighted by Gasteiger charge is 2.13. The molecule has 0 saturated heterocycles. The molecule has 0 spiro atoms. The van der Waals surface area contributed by atoms with Crippen LogP contribution in [-0.4, -0.2) is 30.9 Å². The fourth-order valence-electron chi connectivity index (χ4n) is 1.57. The second-order valence-electron chi connectivity index (χ2n) is 3.62. The Kier molecular flexibility index (Phi) is 3.78. The summed E-state index contributed by atoms with van der Waals surface area (Å²) in [7, 11) is 3.18. The van der Waals surface area contributed by atoms with Crippen LogP contribution in [-0.2, 0) is 6.42 Å². The number of aromatic nitrogens is 2. The van der Waals surface area contributed by atoms with Gasteiger partial charge in [0.15, 0.2) is 0 Å². The van der Waals surface area contributed by atoms with Gasteiger partial charge in [-0.3, -0.25) is 0 Å². The number of ether oxygens (including phenoxy) is 2. The lowest BCUT2D eigenvalue weighted by atomic mass is 10.2. The van der Waals surface area contributed by atoms with Crippen molar-refractivity contribution in [1.82, 2.24) is 10.1 Å². The normalized spacial score (nSPS) is 10.4. The van der Waals surface area contributed by atoms with E-state index in [1.54, 1.807) is 20.3 Å². The van der Waals surface area contributed by atoms with Crippen LogP contribution in [0.25, 0.3) is 11.4 Å². The molecule has 0 atom stereocenters. The molecule has 6 heteroatoms. The second kappa shape index (κ2) is 5.50. The van der Waals surface area contributed by atoms with E-state index < -0.39 is 0 Å². The van der Waals surface area contributed by atoms with Crippen LogP contribution in [0.5, 0.6) is 11.5 Å². The van der Waals surface area contributed by atoms with Gasteiger partial charge in [-0.15, -0.1) is 0 Å². The molecule has 0 bridgehead atoms. The van der Waals surface area contributed by atoms with Crippen molar-refractivity contribution in [3.63, 3.8) is 0 Å². The van der Waals surface area contributed by atoms with Gasteiger partial charge in [-0.25, -0.2) is 0 Å². The minimum absolute atomic E-state index is 0.474. The average Bonchev–Trinajstić information content (AvgIpc) is 2.87. The number of benzene rings is 1. The van der Waals surface area contributed by atoms with Crippen molar-refractivity contribution in [2.45, 2.75) is 6.42 Å². The fourth-order valence-corrected chi connectivity index (χ4v) is 1.57. The summed E-state index contributed by atoms with van der Waals surface area (Å²) in [6.45, 7) is 0.474. The molecule has 0 aliphatic rings. The monoisotopic (exact) mass is 249 g/mol. The van der Waals surface area contributed by atoms with Crippen LogP contribution in [0.4, 0.5) is 0 Å². The van der Waals surface area contributed by atoms with Crippen molar-refractivity contribution in [1.29, 1.82) is 0 Å². The van der Waals surface area contributed by atoms with Crippen LogP contribution in [0.15, 0.2) is 22.7 Å². The van der Waals surface area contributed by atoms with Gasteiger partial charge in [0, 0.05) is 19.0 Å². The maximum atomic E-state index is 5.43. The number of rotatable bonds is 5. The van der Waals surface area contributed by atoms with E-state index in [-0.39, 0.29) is 0 Å². The molecule has 1 aromatic carbocycles. The zero-order chi connectivity index (χ0) is 13.0. The van der Waals surface area contributed by atoms with Gasteiger partial charge in [-0.1, -0.05) is 5.16 Å². The number of hydrogen-bond acceptors (Lipinski definition) is 6. The first-order chi connectivity index (χ1) is 8.78. The first-order valence-corrected chi connectivity index (χ1v) is 5.53. The molecular formula is C12H15N3O3. The van der Waals surface area contributed by atoms with Crippen molar-refractivity contribution in [2.75, 3.05) is 20.8 Å². The smallest absolute Gasteiger partial charge is 0.228 e. The molecule has 2 rings (SSSR count). The average molecular weight is 249 g/mol. The summed E-state index contributed by atoms with van der Waals surface area (Å²) in [6, 6.07) is 5.42. The quantitative estimate of drug-likeness (QED) is 0.858. The summed E-state index contributed by atoms with van der Waals surface area (Å²) in [6.07, 6.45) is 0.561. The number of hydrogen-bond donors (Lipinski definition) is 1. The molecule has 1 aromatic heterocycles. The predicted octanol–water partition coefficient (Wildman–Crippen LogP) is 1.25. The van der Waals surface area contributed by atoms with Gasteiger partial charge in [0.1, 0.15) is 11.5 Å². The van der Waals surface area contributed by atoms with Crippen LogP contribution in [0.2, 0.25) is 0 Å². The van der Waals surface area contributed by atoms with Crippen LogP contribution in [0, 0.1) is 0 Å².